The van der Waals surface area contributed by atoms with Crippen LogP contribution in [0.2, 0.25) is 0 Å². The molecule has 0 fully saturated rings. The molecule has 0 amide bonds. The van der Waals surface area contributed by atoms with E-state index in [1.54, 1.807) is 0 Å². The molecule has 0 radical (unpaired) electrons. The van der Waals surface area contributed by atoms with Gasteiger partial charge in [-0.15, -0.1) is 11.6 Å². The molecule has 1 unspecified atom stereocenters. The highest BCUT2D eigenvalue weighted by Crippen LogP contribution is 2.32. The van der Waals surface area contributed by atoms with E-state index in [4.69, 9.17) is 16.3 Å². The molecule has 0 saturated heterocycles. The van der Waals surface area contributed by atoms with Crippen molar-refractivity contribution in [1.29, 1.82) is 0 Å². The predicted molar refractivity (Wildman–Crippen MR) is 61.3 cm³/mol. The van der Waals surface area contributed by atoms with E-state index in [9.17, 15) is 0 Å². The Morgan fingerprint density at radius 2 is 2.13 bits per heavy atom. The Hall–Kier alpha value is -1.15. The number of allylic oxidation sites excluding steroid dienone is 1. The van der Waals surface area contributed by atoms with Crippen molar-refractivity contribution in [2.75, 3.05) is 7.05 Å². The molecular weight excluding hydrogens is 210 g/mol. The minimum absolute atomic E-state index is 0.0278. The molecule has 3 heteroatoms. The molecule has 1 aromatic rings. The van der Waals surface area contributed by atoms with E-state index >= 15 is 0 Å². The van der Waals surface area contributed by atoms with E-state index in [1.165, 1.54) is 0 Å². The monoisotopic (exact) mass is 223 g/mol. The van der Waals surface area contributed by atoms with Crippen molar-refractivity contribution >= 4 is 11.6 Å². The molecule has 1 aliphatic heterocycles. The number of benzene rings is 1. The smallest absolute Gasteiger partial charge is 0.198 e. The Bertz CT molecular complexity index is 389. The minimum atomic E-state index is -0.0278. The first-order valence-corrected chi connectivity index (χ1v) is 5.46. The first-order valence-electron chi connectivity index (χ1n) is 4.93. The SMILES string of the molecule is CC1=CN(C)C(c2ccccc2CCl)O1. The molecular formula is C12H14ClNO. The number of rotatable bonds is 2. The van der Waals surface area contributed by atoms with Gasteiger partial charge in [-0.1, -0.05) is 24.3 Å². The van der Waals surface area contributed by atoms with Gasteiger partial charge in [0.1, 0.15) is 5.76 Å². The Morgan fingerprint density at radius 3 is 2.73 bits per heavy atom. The topological polar surface area (TPSA) is 12.5 Å². The van der Waals surface area contributed by atoms with E-state index in [-0.39, 0.29) is 6.23 Å². The lowest BCUT2D eigenvalue weighted by Gasteiger charge is -2.22. The second-order valence-electron chi connectivity index (χ2n) is 3.71. The molecule has 1 heterocycles. The number of nitrogens with zero attached hydrogens (tertiary/aromatic N) is 1. The van der Waals surface area contributed by atoms with E-state index in [1.807, 2.05) is 38.4 Å². The van der Waals surface area contributed by atoms with E-state index < -0.39 is 0 Å². The largest absolute Gasteiger partial charge is 0.469 e. The zero-order chi connectivity index (χ0) is 10.8. The molecule has 80 valence electrons. The molecule has 1 aromatic carbocycles. The summed E-state index contributed by atoms with van der Waals surface area (Å²) in [5.41, 5.74) is 2.27. The number of ether oxygens (including phenoxy) is 1. The molecule has 0 aliphatic carbocycles. The van der Waals surface area contributed by atoms with Crippen LogP contribution in [0.25, 0.3) is 0 Å². The molecule has 1 aliphatic rings. The van der Waals surface area contributed by atoms with Crippen molar-refractivity contribution in [2.24, 2.45) is 0 Å². The van der Waals surface area contributed by atoms with Gasteiger partial charge in [0, 0.05) is 24.7 Å². The van der Waals surface area contributed by atoms with Crippen molar-refractivity contribution in [3.63, 3.8) is 0 Å². The minimum Gasteiger partial charge on any atom is -0.469 e. The summed E-state index contributed by atoms with van der Waals surface area (Å²) in [6.07, 6.45) is 1.97. The maximum Gasteiger partial charge on any atom is 0.198 e. The number of hydrogen-bond acceptors (Lipinski definition) is 2. The first kappa shape index (κ1) is 10.4. The fraction of sp³-hybridized carbons (Fsp3) is 0.333. The summed E-state index contributed by atoms with van der Waals surface area (Å²) in [7, 11) is 2.01. The second kappa shape index (κ2) is 4.15. The quantitative estimate of drug-likeness (QED) is 0.714. The second-order valence-corrected chi connectivity index (χ2v) is 3.98. The Kier molecular flexibility index (Phi) is 2.87. The van der Waals surface area contributed by atoms with Crippen molar-refractivity contribution < 1.29 is 4.74 Å². The van der Waals surface area contributed by atoms with Crippen LogP contribution in [-0.4, -0.2) is 11.9 Å². The molecule has 0 aromatic heterocycles. The summed E-state index contributed by atoms with van der Waals surface area (Å²) < 4.78 is 5.73. The normalized spacial score (nSPS) is 20.1. The van der Waals surface area contributed by atoms with Gasteiger partial charge in [0.05, 0.1) is 0 Å². The summed E-state index contributed by atoms with van der Waals surface area (Å²) in [4.78, 5) is 2.06. The van der Waals surface area contributed by atoms with Crippen LogP contribution in [0.3, 0.4) is 0 Å². The summed E-state index contributed by atoms with van der Waals surface area (Å²) >= 11 is 5.90. The van der Waals surface area contributed by atoms with Crippen molar-refractivity contribution in [3.8, 4) is 0 Å². The molecule has 2 nitrogen and oxygen atoms in total. The molecule has 2 rings (SSSR count). The van der Waals surface area contributed by atoms with E-state index in [0.29, 0.717) is 5.88 Å². The van der Waals surface area contributed by atoms with Crippen molar-refractivity contribution in [1.82, 2.24) is 4.90 Å². The van der Waals surface area contributed by atoms with E-state index in [2.05, 4.69) is 11.0 Å². The van der Waals surface area contributed by atoms with Crippen LogP contribution >= 0.6 is 11.6 Å². The third kappa shape index (κ3) is 1.95. The fourth-order valence-corrected chi connectivity index (χ4v) is 2.07. The molecule has 0 N–H and O–H groups in total. The zero-order valence-electron chi connectivity index (χ0n) is 8.90. The summed E-state index contributed by atoms with van der Waals surface area (Å²) in [5.74, 6) is 1.45. The Labute approximate surface area is 95.1 Å². The third-order valence-electron chi connectivity index (χ3n) is 2.52. The lowest BCUT2D eigenvalue weighted by molar-refractivity contribution is 0.0571. The van der Waals surface area contributed by atoms with Crippen LogP contribution in [0.15, 0.2) is 36.2 Å². The number of alkyl halides is 1. The first-order chi connectivity index (χ1) is 7.22. The van der Waals surface area contributed by atoms with Gasteiger partial charge in [-0.25, -0.2) is 0 Å². The molecule has 15 heavy (non-hydrogen) atoms. The highest BCUT2D eigenvalue weighted by molar-refractivity contribution is 6.17. The van der Waals surface area contributed by atoms with Gasteiger partial charge in [0.2, 0.25) is 0 Å². The van der Waals surface area contributed by atoms with Gasteiger partial charge in [-0.05, 0) is 12.5 Å². The van der Waals surface area contributed by atoms with Crippen molar-refractivity contribution in [2.45, 2.75) is 19.0 Å². The van der Waals surface area contributed by atoms with Gasteiger partial charge in [0.25, 0.3) is 0 Å². The lowest BCUT2D eigenvalue weighted by atomic mass is 10.1. The van der Waals surface area contributed by atoms with Gasteiger partial charge in [-0.2, -0.15) is 0 Å². The predicted octanol–water partition coefficient (Wildman–Crippen LogP) is 3.25. The van der Waals surface area contributed by atoms with Crippen LogP contribution < -0.4 is 0 Å². The van der Waals surface area contributed by atoms with Crippen LogP contribution in [-0.2, 0) is 10.6 Å². The summed E-state index contributed by atoms with van der Waals surface area (Å²) in [6.45, 7) is 1.96. The Balaban J connectivity index is 2.31. The van der Waals surface area contributed by atoms with Crippen molar-refractivity contribution in [3.05, 3.63) is 47.4 Å². The van der Waals surface area contributed by atoms with Gasteiger partial charge in [0.15, 0.2) is 6.23 Å². The third-order valence-corrected chi connectivity index (χ3v) is 2.81. The summed E-state index contributed by atoms with van der Waals surface area (Å²) in [5, 5.41) is 0. The molecule has 0 saturated carbocycles. The van der Waals surface area contributed by atoms with Gasteiger partial charge < -0.3 is 9.64 Å². The molecule has 0 bridgehead atoms. The lowest BCUT2D eigenvalue weighted by Crippen LogP contribution is -2.16. The summed E-state index contributed by atoms with van der Waals surface area (Å²) in [6, 6.07) is 8.10. The fourth-order valence-electron chi connectivity index (χ4n) is 1.82. The molecule has 1 atom stereocenters. The van der Waals surface area contributed by atoms with E-state index in [0.717, 1.165) is 16.9 Å². The standard InChI is InChI=1S/C12H14ClNO/c1-9-8-14(2)12(15-9)11-6-4-3-5-10(11)7-13/h3-6,8,12H,7H2,1-2H3. The number of hydrogen-bond donors (Lipinski definition) is 0. The molecule has 0 spiro atoms. The maximum atomic E-state index is 5.90. The van der Waals surface area contributed by atoms with Crippen LogP contribution in [0.1, 0.15) is 24.3 Å². The van der Waals surface area contributed by atoms with Crippen LogP contribution in [0.5, 0.6) is 0 Å². The Morgan fingerprint density at radius 1 is 1.40 bits per heavy atom. The average Bonchev–Trinajstić information content (AvgIpc) is 2.57. The zero-order valence-corrected chi connectivity index (χ0v) is 9.66. The number of halogens is 1. The van der Waals surface area contributed by atoms with Crippen LogP contribution in [0, 0.1) is 0 Å². The van der Waals surface area contributed by atoms with Gasteiger partial charge >= 0.3 is 0 Å². The highest BCUT2D eigenvalue weighted by Gasteiger charge is 2.24. The highest BCUT2D eigenvalue weighted by atomic mass is 35.5. The average molecular weight is 224 g/mol. The van der Waals surface area contributed by atoms with Gasteiger partial charge in [-0.3, -0.25) is 0 Å². The van der Waals surface area contributed by atoms with Crippen LogP contribution in [0.4, 0.5) is 0 Å². The maximum absolute atomic E-state index is 5.90.